The lowest BCUT2D eigenvalue weighted by molar-refractivity contribution is -0.127. The summed E-state index contributed by atoms with van der Waals surface area (Å²) in [6, 6.07) is 4.35. The number of carbonyl (C=O) groups is 2. The number of fused-ring (bicyclic) bond motifs is 3. The number of carbonyl (C=O) groups excluding carboxylic acids is 2. The number of nitrogens with zero attached hydrogens (tertiary/aromatic N) is 6. The molecule has 3 aromatic heterocycles. The number of nitrogens with two attached hydrogens (primary N) is 1. The Morgan fingerprint density at radius 1 is 1.21 bits per heavy atom. The Morgan fingerprint density at radius 3 is 2.86 bits per heavy atom. The third-order valence-corrected chi connectivity index (χ3v) is 10.7. The van der Waals surface area contributed by atoms with Gasteiger partial charge < -0.3 is 30.5 Å². The number of rotatable bonds is 6. The zero-order valence-electron chi connectivity index (χ0n) is 24.5. The summed E-state index contributed by atoms with van der Waals surface area (Å²) in [6.45, 7) is 5.23. The summed E-state index contributed by atoms with van der Waals surface area (Å²) in [5.41, 5.74) is 9.97. The van der Waals surface area contributed by atoms with Crippen molar-refractivity contribution in [2.24, 2.45) is 5.92 Å². The maximum Gasteiger partial charge on any atom is 0.265 e. The maximum atomic E-state index is 13.6. The van der Waals surface area contributed by atoms with Crippen LogP contribution in [-0.4, -0.2) is 94.2 Å². The lowest BCUT2D eigenvalue weighted by Gasteiger charge is -2.34. The minimum Gasteiger partial charge on any atom is -0.489 e. The van der Waals surface area contributed by atoms with Crippen LogP contribution in [0.25, 0.3) is 11.1 Å². The molecule has 1 aliphatic carbocycles. The highest BCUT2D eigenvalue weighted by molar-refractivity contribution is 7.18. The zero-order chi connectivity index (χ0) is 29.8. The van der Waals surface area contributed by atoms with Gasteiger partial charge in [-0.1, -0.05) is 17.7 Å². The maximum absolute atomic E-state index is 13.6. The average molecular weight is 625 g/mol. The van der Waals surface area contributed by atoms with E-state index in [2.05, 4.69) is 44.4 Å². The van der Waals surface area contributed by atoms with E-state index in [4.69, 9.17) is 22.1 Å². The number of thiophene rings is 1. The summed E-state index contributed by atoms with van der Waals surface area (Å²) in [6.07, 6.45) is 8.59. The van der Waals surface area contributed by atoms with Crippen LogP contribution in [0.4, 0.5) is 11.5 Å². The van der Waals surface area contributed by atoms with Crippen molar-refractivity contribution in [2.45, 2.75) is 57.2 Å². The predicted octanol–water partition coefficient (Wildman–Crippen LogP) is 3.53. The fourth-order valence-corrected chi connectivity index (χ4v) is 8.40. The Labute approximate surface area is 259 Å². The fraction of sp³-hybridized carbons (Fsp3) is 0.533. The molecule has 0 aromatic carbocycles. The van der Waals surface area contributed by atoms with E-state index in [1.54, 1.807) is 17.9 Å². The van der Waals surface area contributed by atoms with Gasteiger partial charge in [-0.25, -0.2) is 9.50 Å². The van der Waals surface area contributed by atoms with Crippen LogP contribution in [-0.2, 0) is 4.79 Å². The Hall–Kier alpha value is -3.35. The molecular formula is C30H37ClN8O3S. The van der Waals surface area contributed by atoms with Crippen LogP contribution in [0.3, 0.4) is 0 Å². The van der Waals surface area contributed by atoms with Crippen LogP contribution >= 0.6 is 22.9 Å². The number of nitrogens with one attached hydrogen (secondary N) is 1. The molecule has 1 saturated carbocycles. The number of aromatic nitrogens is 3. The molecule has 3 aromatic rings. The molecule has 6 heterocycles. The Balaban J connectivity index is 1.08. The molecular weight excluding hydrogens is 588 g/mol. The third-order valence-electron chi connectivity index (χ3n) is 9.43. The molecule has 0 radical (unpaired) electrons. The van der Waals surface area contributed by atoms with Gasteiger partial charge in [-0.05, 0) is 56.7 Å². The molecule has 3 fully saturated rings. The minimum atomic E-state index is -0.152. The summed E-state index contributed by atoms with van der Waals surface area (Å²) in [7, 11) is 2.19. The summed E-state index contributed by atoms with van der Waals surface area (Å²) < 4.78 is 8.81. The number of hydrogen-bond acceptors (Lipinski definition) is 9. The van der Waals surface area contributed by atoms with Crippen LogP contribution < -0.4 is 20.7 Å². The van der Waals surface area contributed by atoms with Gasteiger partial charge in [0.25, 0.3) is 5.91 Å². The molecule has 4 aliphatic rings. The molecule has 11 nitrogen and oxygen atoms in total. The minimum absolute atomic E-state index is 0.0372. The standard InChI is InChI=1S/C30H37ClN8O3S/c1-17(40)37-7-5-19(14-37)23-11-24(27-29(32)33-16-34-39(23)27)38-6-3-4-20(15-38)35-30(41)28-25(12-26(31)43-28)42-22-9-18-8-21(10-22)36(2)13-18/h5,11-12,16,18,20-22H,3-4,6-10,13-15H2,1-2H3,(H,35,41)(H2,32,33,34)/t18?,20-,21?,22?/m1/s1. The first kappa shape index (κ1) is 28.4. The summed E-state index contributed by atoms with van der Waals surface area (Å²) in [4.78, 5) is 36.8. The molecule has 0 spiro atoms. The van der Waals surface area contributed by atoms with Gasteiger partial charge in [0, 0.05) is 57.8 Å². The third kappa shape index (κ3) is 5.44. The average Bonchev–Trinajstić information content (AvgIpc) is 3.74. The molecule has 7 rings (SSSR count). The van der Waals surface area contributed by atoms with E-state index >= 15 is 0 Å². The van der Waals surface area contributed by atoms with Gasteiger partial charge in [0.2, 0.25) is 5.91 Å². The van der Waals surface area contributed by atoms with Crippen LogP contribution in [0.2, 0.25) is 4.34 Å². The number of likely N-dealkylation sites (tertiary alicyclic amines) is 1. The van der Waals surface area contributed by atoms with Crippen LogP contribution in [0, 0.1) is 5.92 Å². The molecule has 3 aliphatic heterocycles. The van der Waals surface area contributed by atoms with Crippen LogP contribution in [0.15, 0.2) is 24.5 Å². The molecule has 2 saturated heterocycles. The lowest BCUT2D eigenvalue weighted by Crippen LogP contribution is -2.47. The van der Waals surface area contributed by atoms with Crippen molar-refractivity contribution in [3.8, 4) is 5.75 Å². The van der Waals surface area contributed by atoms with Crippen molar-refractivity contribution in [1.82, 2.24) is 29.7 Å². The van der Waals surface area contributed by atoms with Crippen LogP contribution in [0.1, 0.15) is 54.4 Å². The molecule has 43 heavy (non-hydrogen) atoms. The van der Waals surface area contributed by atoms with Crippen molar-refractivity contribution >= 4 is 57.3 Å². The highest BCUT2D eigenvalue weighted by Gasteiger charge is 2.39. The Morgan fingerprint density at radius 2 is 2.07 bits per heavy atom. The summed E-state index contributed by atoms with van der Waals surface area (Å²) in [5, 5.41) is 7.78. The summed E-state index contributed by atoms with van der Waals surface area (Å²) >= 11 is 7.68. The highest BCUT2D eigenvalue weighted by atomic mass is 35.5. The van der Waals surface area contributed by atoms with E-state index in [1.165, 1.54) is 24.1 Å². The molecule has 3 unspecified atom stereocenters. The SMILES string of the molecule is CC(=O)N1CC=C(c2cc(N3CCC[C@@H](NC(=O)c4sc(Cl)cc4OC4CC5CC(C4)N(C)C5)C3)c3c(N)ncnn23)C1. The van der Waals surface area contributed by atoms with E-state index in [0.717, 1.165) is 61.2 Å². The number of amides is 2. The Bertz CT molecular complexity index is 1600. The quantitative estimate of drug-likeness (QED) is 0.427. The van der Waals surface area contributed by atoms with E-state index in [-0.39, 0.29) is 24.0 Å². The van der Waals surface area contributed by atoms with Gasteiger partial charge in [-0.15, -0.1) is 11.3 Å². The first-order valence-corrected chi connectivity index (χ1v) is 16.2. The topological polar surface area (TPSA) is 121 Å². The second kappa shape index (κ2) is 11.3. The molecule has 13 heteroatoms. The van der Waals surface area contributed by atoms with Gasteiger partial charge in [0.05, 0.1) is 15.7 Å². The van der Waals surface area contributed by atoms with Crippen molar-refractivity contribution < 1.29 is 14.3 Å². The van der Waals surface area contributed by atoms with Crippen molar-refractivity contribution in [3.05, 3.63) is 39.4 Å². The van der Waals surface area contributed by atoms with Crippen molar-refractivity contribution in [1.29, 1.82) is 0 Å². The number of ether oxygens (including phenoxy) is 1. The van der Waals surface area contributed by atoms with E-state index in [1.807, 2.05) is 4.52 Å². The second-order valence-corrected chi connectivity index (χ2v) is 14.0. The van der Waals surface area contributed by atoms with Crippen LogP contribution in [0.5, 0.6) is 5.75 Å². The molecule has 228 valence electrons. The largest absolute Gasteiger partial charge is 0.489 e. The number of halogens is 1. The highest BCUT2D eigenvalue weighted by Crippen LogP contribution is 2.40. The summed E-state index contributed by atoms with van der Waals surface area (Å²) in [5.74, 6) is 1.51. The van der Waals surface area contributed by atoms with E-state index < -0.39 is 0 Å². The Kier molecular flexibility index (Phi) is 7.46. The predicted molar refractivity (Wildman–Crippen MR) is 168 cm³/mol. The van der Waals surface area contributed by atoms with Gasteiger partial charge >= 0.3 is 0 Å². The molecule has 3 N–H and O–H groups in total. The first-order valence-electron chi connectivity index (χ1n) is 15.0. The van der Waals surface area contributed by atoms with E-state index in [9.17, 15) is 9.59 Å². The number of piperidine rings is 1. The van der Waals surface area contributed by atoms with Gasteiger partial charge in [0.1, 0.15) is 28.6 Å². The van der Waals surface area contributed by atoms with Gasteiger partial charge in [-0.3, -0.25) is 9.59 Å². The van der Waals surface area contributed by atoms with Crippen molar-refractivity contribution in [2.75, 3.05) is 50.4 Å². The molecule has 2 amide bonds. The number of nitrogen functional groups attached to an aromatic ring is 1. The zero-order valence-corrected chi connectivity index (χ0v) is 26.0. The monoisotopic (exact) mass is 624 g/mol. The normalized spacial score (nSPS) is 25.8. The second-order valence-electron chi connectivity index (χ2n) is 12.4. The molecule has 4 atom stereocenters. The number of anilines is 2. The number of hydrogen-bond donors (Lipinski definition) is 2. The fourth-order valence-electron chi connectivity index (χ4n) is 7.34. The van der Waals surface area contributed by atoms with Crippen molar-refractivity contribution in [3.63, 3.8) is 0 Å². The van der Waals surface area contributed by atoms with Gasteiger partial charge in [-0.2, -0.15) is 5.10 Å². The first-order chi connectivity index (χ1) is 20.7. The molecule has 2 bridgehead atoms. The smallest absolute Gasteiger partial charge is 0.265 e. The van der Waals surface area contributed by atoms with E-state index in [0.29, 0.717) is 52.4 Å². The lowest BCUT2D eigenvalue weighted by atomic mass is 9.88. The van der Waals surface area contributed by atoms with Gasteiger partial charge in [0.15, 0.2) is 5.82 Å².